The second-order valence-corrected chi connectivity index (χ2v) is 5.39. The van der Waals surface area contributed by atoms with Crippen molar-refractivity contribution in [3.05, 3.63) is 52.8 Å². The lowest BCUT2D eigenvalue weighted by Gasteiger charge is -2.17. The van der Waals surface area contributed by atoms with Crippen molar-refractivity contribution in [2.24, 2.45) is 0 Å². The molecule has 0 saturated carbocycles. The molecule has 1 aliphatic rings. The van der Waals surface area contributed by atoms with Gasteiger partial charge in [0.2, 0.25) is 0 Å². The third-order valence-corrected chi connectivity index (χ3v) is 4.17. The Morgan fingerprint density at radius 2 is 2.15 bits per heavy atom. The van der Waals surface area contributed by atoms with Gasteiger partial charge >= 0.3 is 0 Å². The lowest BCUT2D eigenvalue weighted by molar-refractivity contribution is 0.415. The van der Waals surface area contributed by atoms with E-state index in [0.717, 1.165) is 35.6 Å². The van der Waals surface area contributed by atoms with E-state index in [2.05, 4.69) is 16.5 Å². The molecule has 0 aliphatic heterocycles. The number of hydrogen-bond donors (Lipinski definition) is 0. The van der Waals surface area contributed by atoms with Gasteiger partial charge in [0.25, 0.3) is 0 Å². The molecule has 0 amide bonds. The minimum absolute atomic E-state index is 0.686. The average Bonchev–Trinajstić information content (AvgIpc) is 2.87. The van der Waals surface area contributed by atoms with E-state index in [-0.39, 0.29) is 0 Å². The summed E-state index contributed by atoms with van der Waals surface area (Å²) in [5, 5.41) is 0.686. The first kappa shape index (κ1) is 11.8. The van der Waals surface area contributed by atoms with E-state index in [0.29, 0.717) is 5.02 Å². The van der Waals surface area contributed by atoms with Gasteiger partial charge in [-0.3, -0.25) is 4.40 Å². The van der Waals surface area contributed by atoms with Crippen LogP contribution in [0.2, 0.25) is 5.02 Å². The van der Waals surface area contributed by atoms with Gasteiger partial charge in [0, 0.05) is 11.8 Å². The summed E-state index contributed by atoms with van der Waals surface area (Å²) in [7, 11) is 1.69. The van der Waals surface area contributed by atoms with Crippen LogP contribution in [0.1, 0.15) is 11.3 Å². The largest absolute Gasteiger partial charge is 0.497 e. The molecule has 2 aromatic heterocycles. The van der Waals surface area contributed by atoms with E-state index >= 15 is 0 Å². The summed E-state index contributed by atoms with van der Waals surface area (Å²) >= 11 is 6.25. The molecule has 3 aromatic rings. The van der Waals surface area contributed by atoms with Crippen molar-refractivity contribution in [2.45, 2.75) is 12.8 Å². The maximum atomic E-state index is 6.25. The molecule has 0 atom stereocenters. The topological polar surface area (TPSA) is 26.5 Å². The van der Waals surface area contributed by atoms with Crippen LogP contribution in [-0.2, 0) is 12.8 Å². The van der Waals surface area contributed by atoms with Crippen LogP contribution >= 0.6 is 11.6 Å². The lowest BCUT2D eigenvalue weighted by atomic mass is 9.92. The van der Waals surface area contributed by atoms with Crippen molar-refractivity contribution in [3.8, 4) is 17.0 Å². The number of nitrogens with zero attached hydrogens (tertiary/aromatic N) is 2. The van der Waals surface area contributed by atoms with Crippen LogP contribution in [0.3, 0.4) is 0 Å². The summed E-state index contributed by atoms with van der Waals surface area (Å²) in [6, 6.07) is 10.1. The Labute approximate surface area is 121 Å². The van der Waals surface area contributed by atoms with Crippen molar-refractivity contribution in [2.75, 3.05) is 7.11 Å². The zero-order chi connectivity index (χ0) is 13.7. The van der Waals surface area contributed by atoms with E-state index in [9.17, 15) is 0 Å². The highest BCUT2D eigenvalue weighted by Gasteiger charge is 2.22. The van der Waals surface area contributed by atoms with Gasteiger partial charge < -0.3 is 4.74 Å². The fourth-order valence-corrected chi connectivity index (χ4v) is 3.12. The molecule has 0 spiro atoms. The summed E-state index contributed by atoms with van der Waals surface area (Å²) in [6.45, 7) is 0. The monoisotopic (exact) mass is 284 g/mol. The van der Waals surface area contributed by atoms with Crippen molar-refractivity contribution in [3.63, 3.8) is 0 Å². The van der Waals surface area contributed by atoms with Gasteiger partial charge in [-0.05, 0) is 42.7 Å². The van der Waals surface area contributed by atoms with E-state index < -0.39 is 0 Å². The van der Waals surface area contributed by atoms with E-state index in [1.54, 1.807) is 7.11 Å². The average molecular weight is 285 g/mol. The number of pyridine rings is 1. The highest BCUT2D eigenvalue weighted by atomic mass is 35.5. The number of halogens is 1. The molecule has 4 heteroatoms. The van der Waals surface area contributed by atoms with Crippen LogP contribution in [0.25, 0.3) is 16.9 Å². The molecule has 0 N–H and O–H groups in total. The summed E-state index contributed by atoms with van der Waals surface area (Å²) in [5.41, 5.74) is 5.61. The second-order valence-electron chi connectivity index (χ2n) is 4.98. The first-order valence-electron chi connectivity index (χ1n) is 6.60. The molecule has 0 radical (unpaired) electrons. The zero-order valence-electron chi connectivity index (χ0n) is 11.1. The minimum atomic E-state index is 0.686. The first-order valence-corrected chi connectivity index (χ1v) is 6.98. The van der Waals surface area contributed by atoms with Crippen molar-refractivity contribution >= 4 is 17.2 Å². The Morgan fingerprint density at radius 3 is 3.00 bits per heavy atom. The Bertz CT molecular complexity index is 823. The summed E-state index contributed by atoms with van der Waals surface area (Å²) < 4.78 is 7.43. The van der Waals surface area contributed by atoms with Crippen LogP contribution < -0.4 is 4.74 Å². The Balaban J connectivity index is 2.07. The maximum Gasteiger partial charge on any atom is 0.156 e. The third kappa shape index (κ3) is 1.56. The number of ether oxygens (including phenoxy) is 1. The molecular weight excluding hydrogens is 272 g/mol. The van der Waals surface area contributed by atoms with E-state index in [1.807, 2.05) is 24.4 Å². The maximum absolute atomic E-state index is 6.25. The van der Waals surface area contributed by atoms with Crippen LogP contribution in [0.5, 0.6) is 5.75 Å². The minimum Gasteiger partial charge on any atom is -0.497 e. The molecule has 0 bridgehead atoms. The van der Waals surface area contributed by atoms with Gasteiger partial charge in [0.05, 0.1) is 23.5 Å². The highest BCUT2D eigenvalue weighted by Crippen LogP contribution is 2.37. The normalized spacial score (nSPS) is 13.1. The van der Waals surface area contributed by atoms with Crippen LogP contribution in [0.4, 0.5) is 0 Å². The Kier molecular flexibility index (Phi) is 2.51. The summed E-state index contributed by atoms with van der Waals surface area (Å²) in [4.78, 5) is 4.70. The second kappa shape index (κ2) is 4.25. The first-order chi connectivity index (χ1) is 9.78. The zero-order valence-corrected chi connectivity index (χ0v) is 11.8. The number of imidazole rings is 1. The Hall–Kier alpha value is -2.00. The molecule has 4 rings (SSSR count). The van der Waals surface area contributed by atoms with E-state index in [4.69, 9.17) is 21.3 Å². The standard InChI is InChI=1S/C16H13ClN2O/c1-20-11-6-4-10-5-7-14-15(12(10)9-11)19-8-2-3-13(17)16(19)18-14/h2-4,6,8-9H,5,7H2,1H3. The van der Waals surface area contributed by atoms with Crippen LogP contribution in [0.15, 0.2) is 36.5 Å². The fraction of sp³-hybridized carbons (Fsp3) is 0.188. The molecule has 0 unspecified atom stereocenters. The number of fused-ring (bicyclic) bond motifs is 5. The number of hydrogen-bond acceptors (Lipinski definition) is 2. The number of benzene rings is 1. The number of aryl methyl sites for hydroxylation is 2. The van der Waals surface area contributed by atoms with Gasteiger partial charge in [0.15, 0.2) is 5.65 Å². The fourth-order valence-electron chi connectivity index (χ4n) is 2.91. The third-order valence-electron chi connectivity index (χ3n) is 3.88. The molecule has 0 saturated heterocycles. The van der Waals surface area contributed by atoms with E-state index in [1.165, 1.54) is 11.1 Å². The summed E-state index contributed by atoms with van der Waals surface area (Å²) in [5.74, 6) is 0.869. The molecule has 100 valence electrons. The van der Waals surface area contributed by atoms with Gasteiger partial charge in [-0.25, -0.2) is 4.98 Å². The number of aromatic nitrogens is 2. The molecule has 1 aliphatic carbocycles. The quantitative estimate of drug-likeness (QED) is 0.680. The molecule has 3 nitrogen and oxygen atoms in total. The smallest absolute Gasteiger partial charge is 0.156 e. The highest BCUT2D eigenvalue weighted by molar-refractivity contribution is 6.33. The molecular formula is C16H13ClN2O. The number of rotatable bonds is 1. The van der Waals surface area contributed by atoms with Gasteiger partial charge in [-0.2, -0.15) is 0 Å². The van der Waals surface area contributed by atoms with Gasteiger partial charge in [0.1, 0.15) is 5.75 Å². The van der Waals surface area contributed by atoms with Crippen molar-refractivity contribution in [1.29, 1.82) is 0 Å². The molecule has 1 aromatic carbocycles. The Morgan fingerprint density at radius 1 is 1.25 bits per heavy atom. The molecule has 0 fully saturated rings. The van der Waals surface area contributed by atoms with Crippen molar-refractivity contribution in [1.82, 2.24) is 9.38 Å². The SMILES string of the molecule is COc1ccc2c(c1)-c1c(nc3c(Cl)cccn13)CC2. The van der Waals surface area contributed by atoms with Gasteiger partial charge in [-0.1, -0.05) is 17.7 Å². The summed E-state index contributed by atoms with van der Waals surface area (Å²) in [6.07, 6.45) is 3.97. The predicted octanol–water partition coefficient (Wildman–Crippen LogP) is 3.76. The van der Waals surface area contributed by atoms with Crippen LogP contribution in [-0.4, -0.2) is 16.5 Å². The number of methoxy groups -OCH3 is 1. The predicted molar refractivity (Wildman–Crippen MR) is 79.6 cm³/mol. The van der Waals surface area contributed by atoms with Crippen molar-refractivity contribution < 1.29 is 4.74 Å². The molecule has 20 heavy (non-hydrogen) atoms. The van der Waals surface area contributed by atoms with Gasteiger partial charge in [-0.15, -0.1) is 0 Å². The lowest BCUT2D eigenvalue weighted by Crippen LogP contribution is -2.05. The molecule has 2 heterocycles. The van der Waals surface area contributed by atoms with Crippen LogP contribution in [0, 0.1) is 0 Å².